The van der Waals surface area contributed by atoms with E-state index in [2.05, 4.69) is 5.32 Å². The van der Waals surface area contributed by atoms with Crippen molar-refractivity contribution >= 4 is 40.7 Å². The Labute approximate surface area is 155 Å². The third kappa shape index (κ3) is 5.73. The summed E-state index contributed by atoms with van der Waals surface area (Å²) in [5.41, 5.74) is 1.10. The van der Waals surface area contributed by atoms with E-state index < -0.39 is 16.6 Å². The molecule has 2 rings (SSSR count). The topological polar surface area (TPSA) is 49.4 Å². The summed E-state index contributed by atoms with van der Waals surface area (Å²) in [5.74, 6) is -1.12. The Bertz CT molecular complexity index is 709. The van der Waals surface area contributed by atoms with E-state index in [4.69, 9.17) is 23.2 Å². The van der Waals surface area contributed by atoms with Crippen LogP contribution in [0.5, 0.6) is 0 Å². The lowest BCUT2D eigenvalue weighted by atomic mass is 10.1. The van der Waals surface area contributed by atoms with Gasteiger partial charge >= 0.3 is 0 Å². The third-order valence-electron chi connectivity index (χ3n) is 3.46. The van der Waals surface area contributed by atoms with Crippen LogP contribution in [-0.2, 0) is 4.79 Å². The minimum absolute atomic E-state index is 0.245. The van der Waals surface area contributed by atoms with Crippen LogP contribution < -0.4 is 10.2 Å². The van der Waals surface area contributed by atoms with Gasteiger partial charge in [0.05, 0.1) is 0 Å². The largest absolute Gasteiger partial charge is 0.354 e. The summed E-state index contributed by atoms with van der Waals surface area (Å²) in [5, 5.41) is 2.58. The quantitative estimate of drug-likeness (QED) is 0.584. The molecule has 7 heteroatoms. The Morgan fingerprint density at radius 1 is 1.04 bits per heavy atom. The number of alkyl halides is 2. The van der Waals surface area contributed by atoms with Crippen molar-refractivity contribution in [1.29, 1.82) is 0 Å². The molecule has 0 bridgehead atoms. The highest BCUT2D eigenvalue weighted by Crippen LogP contribution is 2.17. The molecule has 0 atom stereocenters. The van der Waals surface area contributed by atoms with Crippen LogP contribution in [0.3, 0.4) is 0 Å². The second-order valence-corrected chi connectivity index (χ2v) is 6.34. The van der Waals surface area contributed by atoms with Crippen LogP contribution in [0.4, 0.5) is 10.1 Å². The molecule has 2 aromatic rings. The smallest absolute Gasteiger partial charge is 0.258 e. The molecule has 2 amide bonds. The van der Waals surface area contributed by atoms with Gasteiger partial charge in [0.15, 0.2) is 4.84 Å². The summed E-state index contributed by atoms with van der Waals surface area (Å²) in [6.07, 6.45) is 0.508. The monoisotopic (exact) mass is 382 g/mol. The number of hydrogen-bond donors (Lipinski definition) is 1. The first kappa shape index (κ1) is 19.2. The van der Waals surface area contributed by atoms with Crippen molar-refractivity contribution in [2.75, 3.05) is 18.0 Å². The van der Waals surface area contributed by atoms with Crippen LogP contribution in [0, 0.1) is 5.82 Å². The first-order valence-electron chi connectivity index (χ1n) is 7.67. The van der Waals surface area contributed by atoms with Gasteiger partial charge in [-0.3, -0.25) is 9.59 Å². The van der Waals surface area contributed by atoms with Crippen LogP contribution in [0.15, 0.2) is 54.6 Å². The first-order chi connectivity index (χ1) is 12.0. The van der Waals surface area contributed by atoms with Crippen molar-refractivity contribution in [3.05, 3.63) is 66.0 Å². The molecule has 4 nitrogen and oxygen atoms in total. The molecule has 0 radical (unpaired) electrons. The zero-order chi connectivity index (χ0) is 18.2. The molecule has 0 spiro atoms. The number of hydrogen-bond acceptors (Lipinski definition) is 2. The van der Waals surface area contributed by atoms with E-state index in [1.807, 2.05) is 30.3 Å². The van der Waals surface area contributed by atoms with E-state index in [-0.39, 0.29) is 5.91 Å². The zero-order valence-corrected chi connectivity index (χ0v) is 14.8. The third-order valence-corrected chi connectivity index (χ3v) is 3.86. The summed E-state index contributed by atoms with van der Waals surface area (Å²) in [6, 6.07) is 14.5. The van der Waals surface area contributed by atoms with E-state index in [1.54, 1.807) is 4.90 Å². The molecule has 0 saturated heterocycles. The molecule has 0 aliphatic rings. The Kier molecular flexibility index (Phi) is 7.22. The minimum atomic E-state index is -1.12. The fourth-order valence-electron chi connectivity index (χ4n) is 2.23. The van der Waals surface area contributed by atoms with E-state index in [0.717, 1.165) is 5.69 Å². The van der Waals surface area contributed by atoms with Gasteiger partial charge in [-0.2, -0.15) is 0 Å². The number of carbonyl (C=O) groups excluding carboxylic acids is 2. The highest BCUT2D eigenvalue weighted by molar-refractivity contribution is 6.53. The van der Waals surface area contributed by atoms with Gasteiger partial charge in [0.25, 0.3) is 11.8 Å². The number of benzene rings is 2. The van der Waals surface area contributed by atoms with Gasteiger partial charge in [-0.1, -0.05) is 41.4 Å². The maximum absolute atomic E-state index is 13.1. The van der Waals surface area contributed by atoms with Crippen molar-refractivity contribution in [3.8, 4) is 0 Å². The Morgan fingerprint density at radius 2 is 1.68 bits per heavy atom. The highest BCUT2D eigenvalue weighted by Gasteiger charge is 2.18. The highest BCUT2D eigenvalue weighted by atomic mass is 35.5. The van der Waals surface area contributed by atoms with Crippen LogP contribution in [-0.4, -0.2) is 29.7 Å². The Morgan fingerprint density at radius 3 is 2.28 bits per heavy atom. The van der Waals surface area contributed by atoms with Crippen LogP contribution in [0.2, 0.25) is 0 Å². The van der Waals surface area contributed by atoms with Crippen LogP contribution >= 0.6 is 23.2 Å². The number of nitrogens with zero attached hydrogens (tertiary/aromatic N) is 1. The number of para-hydroxylation sites is 1. The fraction of sp³-hybridized carbons (Fsp3) is 0.222. The summed E-state index contributed by atoms with van der Waals surface area (Å²) in [7, 11) is 0. The predicted molar refractivity (Wildman–Crippen MR) is 97.6 cm³/mol. The molecular weight excluding hydrogens is 366 g/mol. The average molecular weight is 383 g/mol. The number of anilines is 1. The lowest BCUT2D eigenvalue weighted by Crippen LogP contribution is -2.35. The normalized spacial score (nSPS) is 10.6. The molecule has 2 aromatic carbocycles. The Balaban J connectivity index is 2.07. The van der Waals surface area contributed by atoms with E-state index >= 15 is 0 Å². The molecule has 0 fully saturated rings. The maximum atomic E-state index is 13.1. The maximum Gasteiger partial charge on any atom is 0.258 e. The van der Waals surface area contributed by atoms with Gasteiger partial charge < -0.3 is 10.2 Å². The summed E-state index contributed by atoms with van der Waals surface area (Å²) in [4.78, 5) is 24.6. The van der Waals surface area contributed by atoms with E-state index in [1.165, 1.54) is 24.3 Å². The van der Waals surface area contributed by atoms with Gasteiger partial charge in [-0.05, 0) is 42.8 Å². The lowest BCUT2D eigenvalue weighted by Gasteiger charge is -2.23. The molecule has 0 saturated carbocycles. The average Bonchev–Trinajstić information content (AvgIpc) is 2.62. The molecule has 1 N–H and O–H groups in total. The number of rotatable bonds is 7. The minimum Gasteiger partial charge on any atom is -0.354 e. The van der Waals surface area contributed by atoms with Gasteiger partial charge in [0.1, 0.15) is 5.82 Å². The van der Waals surface area contributed by atoms with Crippen molar-refractivity contribution in [2.45, 2.75) is 11.3 Å². The number of carbonyl (C=O) groups is 2. The van der Waals surface area contributed by atoms with E-state index in [9.17, 15) is 14.0 Å². The van der Waals surface area contributed by atoms with Gasteiger partial charge in [-0.15, -0.1) is 0 Å². The molecule has 0 aromatic heterocycles. The van der Waals surface area contributed by atoms with Gasteiger partial charge in [0, 0.05) is 24.3 Å². The predicted octanol–water partition coefficient (Wildman–Crippen LogP) is 3.78. The lowest BCUT2D eigenvalue weighted by molar-refractivity contribution is -0.119. The standard InChI is InChI=1S/C18H17Cl2FN2O2/c19-16(20)17(24)22-11-4-12-23(15-5-2-1-3-6-15)18(25)13-7-9-14(21)10-8-13/h1-3,5-10,16H,4,11-12H2,(H,22,24). The van der Waals surface area contributed by atoms with Crippen molar-refractivity contribution in [2.24, 2.45) is 0 Å². The Hall–Kier alpha value is -2.11. The summed E-state index contributed by atoms with van der Waals surface area (Å²) < 4.78 is 13.1. The van der Waals surface area contributed by atoms with Crippen LogP contribution in [0.25, 0.3) is 0 Å². The van der Waals surface area contributed by atoms with Crippen LogP contribution in [0.1, 0.15) is 16.8 Å². The SMILES string of the molecule is O=C(NCCCN(C(=O)c1ccc(F)cc1)c1ccccc1)C(Cl)Cl. The molecule has 0 unspecified atom stereocenters. The second kappa shape index (κ2) is 9.39. The number of halogens is 3. The molecule has 0 heterocycles. The molecular formula is C18H17Cl2FN2O2. The summed E-state index contributed by atoms with van der Waals surface area (Å²) in [6.45, 7) is 0.699. The fourth-order valence-corrected chi connectivity index (χ4v) is 2.38. The summed E-state index contributed by atoms with van der Waals surface area (Å²) >= 11 is 10.9. The molecule has 132 valence electrons. The second-order valence-electron chi connectivity index (χ2n) is 5.24. The van der Waals surface area contributed by atoms with Gasteiger partial charge in [0.2, 0.25) is 0 Å². The molecule has 0 aliphatic carbocycles. The zero-order valence-electron chi connectivity index (χ0n) is 13.3. The van der Waals surface area contributed by atoms with Crippen molar-refractivity contribution in [3.63, 3.8) is 0 Å². The van der Waals surface area contributed by atoms with Crippen molar-refractivity contribution in [1.82, 2.24) is 5.32 Å². The number of nitrogens with one attached hydrogen (secondary N) is 1. The molecule has 25 heavy (non-hydrogen) atoms. The van der Waals surface area contributed by atoms with E-state index in [0.29, 0.717) is 25.1 Å². The number of amides is 2. The molecule has 0 aliphatic heterocycles. The first-order valence-corrected chi connectivity index (χ1v) is 8.54. The van der Waals surface area contributed by atoms with Crippen molar-refractivity contribution < 1.29 is 14.0 Å². The van der Waals surface area contributed by atoms with Gasteiger partial charge in [-0.25, -0.2) is 4.39 Å².